The Hall–Kier alpha value is -8.99. The van der Waals surface area contributed by atoms with Crippen LogP contribution in [0.3, 0.4) is 0 Å². The van der Waals surface area contributed by atoms with Crippen LogP contribution in [0.25, 0.3) is 11.1 Å². The molecule has 6 aromatic rings. The van der Waals surface area contributed by atoms with Crippen molar-refractivity contribution in [3.05, 3.63) is 197 Å². The van der Waals surface area contributed by atoms with Crippen molar-refractivity contribution in [3.63, 3.8) is 0 Å². The lowest BCUT2D eigenvalue weighted by molar-refractivity contribution is -0.142. The molecule has 4 N–H and O–H groups in total. The van der Waals surface area contributed by atoms with E-state index in [1.807, 2.05) is 140 Å². The second-order valence-corrected chi connectivity index (χ2v) is 22.1. The fourth-order valence-corrected chi connectivity index (χ4v) is 10.5. The van der Waals surface area contributed by atoms with Gasteiger partial charge in [0.15, 0.2) is 0 Å². The molecule has 0 radical (unpaired) electrons. The van der Waals surface area contributed by atoms with Gasteiger partial charge in [-0.2, -0.15) is 0 Å². The van der Waals surface area contributed by atoms with Gasteiger partial charge in [0.05, 0.1) is 6.42 Å². The number of hydrogen-bond donors (Lipinski definition) is 4. The van der Waals surface area contributed by atoms with Crippen LogP contribution in [0.1, 0.15) is 93.2 Å². The largest absolute Gasteiger partial charge is 0.449 e. The van der Waals surface area contributed by atoms with Gasteiger partial charge in [-0.3, -0.25) is 19.2 Å². The Kier molecular flexibility index (Phi) is 19.1. The minimum atomic E-state index is -1.49. The molecule has 3 atom stereocenters. The van der Waals surface area contributed by atoms with E-state index in [1.54, 1.807) is 73.0 Å². The molecule has 17 heteroatoms. The molecule has 0 saturated carbocycles. The van der Waals surface area contributed by atoms with Gasteiger partial charge in [0.1, 0.15) is 42.5 Å². The molecule has 8 rings (SSSR count). The average Bonchev–Trinajstić information content (AvgIpc) is 2.77. The predicted molar refractivity (Wildman–Crippen MR) is 312 cm³/mol. The van der Waals surface area contributed by atoms with Crippen molar-refractivity contribution >= 4 is 47.6 Å². The van der Waals surface area contributed by atoms with Crippen LogP contribution < -0.4 is 21.3 Å². The van der Waals surface area contributed by atoms with Crippen molar-refractivity contribution in [2.75, 3.05) is 45.7 Å². The lowest BCUT2D eigenvalue weighted by atomic mass is 9.77. The van der Waals surface area contributed by atoms with Gasteiger partial charge in [0.2, 0.25) is 23.6 Å². The Morgan fingerprint density at radius 1 is 0.634 bits per heavy atom. The van der Waals surface area contributed by atoms with Crippen LogP contribution in [0, 0.1) is 5.92 Å². The zero-order chi connectivity index (χ0) is 58.6. The van der Waals surface area contributed by atoms with E-state index >= 15 is 4.79 Å². The summed E-state index contributed by atoms with van der Waals surface area (Å²) in [4.78, 5) is 102. The number of likely N-dealkylation sites (N-methyl/N-ethyl adjacent to an activating group) is 2. The minimum Gasteiger partial charge on any atom is -0.449 e. The second-order valence-electron chi connectivity index (χ2n) is 22.1. The van der Waals surface area contributed by atoms with Gasteiger partial charge in [-0.05, 0) is 96.2 Å². The second kappa shape index (κ2) is 26.5. The number of amides is 7. The van der Waals surface area contributed by atoms with E-state index in [2.05, 4.69) is 21.3 Å². The first-order chi connectivity index (χ1) is 39.3. The van der Waals surface area contributed by atoms with Gasteiger partial charge >= 0.3 is 18.3 Å². The molecule has 0 bridgehead atoms. The third-order valence-corrected chi connectivity index (χ3v) is 14.7. The Labute approximate surface area is 479 Å². The maximum atomic E-state index is 15.1. The van der Waals surface area contributed by atoms with Crippen molar-refractivity contribution in [3.8, 4) is 11.1 Å². The van der Waals surface area contributed by atoms with Crippen molar-refractivity contribution in [2.24, 2.45) is 5.92 Å². The van der Waals surface area contributed by atoms with E-state index in [4.69, 9.17) is 14.2 Å². The Bertz CT molecular complexity index is 3060. The lowest BCUT2D eigenvalue weighted by Gasteiger charge is -2.37. The first-order valence-electron chi connectivity index (χ1n) is 27.7. The summed E-state index contributed by atoms with van der Waals surface area (Å²) in [6.07, 6.45) is -1.82. The highest BCUT2D eigenvalue weighted by Crippen LogP contribution is 2.44. The summed E-state index contributed by atoms with van der Waals surface area (Å²) in [7, 11) is 3.15. The van der Waals surface area contributed by atoms with Gasteiger partial charge in [-0.25, -0.2) is 14.4 Å². The number of carbonyl (C=O) groups excluding carboxylic acids is 7. The summed E-state index contributed by atoms with van der Waals surface area (Å²) in [5, 5.41) is 11.8. The Balaban J connectivity index is 0.958. The van der Waals surface area contributed by atoms with Crippen molar-refractivity contribution in [2.45, 2.75) is 95.7 Å². The fraction of sp³-hybridized carbons (Fsp3) is 0.338. The highest BCUT2D eigenvalue weighted by Gasteiger charge is 2.43. The normalized spacial score (nSPS) is 14.5. The third kappa shape index (κ3) is 14.3. The molecule has 1 saturated heterocycles. The van der Waals surface area contributed by atoms with Crippen molar-refractivity contribution in [1.82, 2.24) is 30.7 Å². The van der Waals surface area contributed by atoms with E-state index in [0.29, 0.717) is 17.7 Å². The molecule has 7 amide bonds. The first-order valence-corrected chi connectivity index (χ1v) is 27.7. The molecule has 2 aliphatic rings. The summed E-state index contributed by atoms with van der Waals surface area (Å²) in [6, 6.07) is 47.6. The van der Waals surface area contributed by atoms with Crippen LogP contribution in [0.4, 0.5) is 20.1 Å². The number of nitrogens with one attached hydrogen (secondary N) is 4. The molecule has 1 aliphatic carbocycles. The van der Waals surface area contributed by atoms with Gasteiger partial charge in [-0.15, -0.1) is 0 Å². The molecule has 0 spiro atoms. The molecular formula is C65H73N7O10. The number of ether oxygens (including phenoxy) is 3. The smallest absolute Gasteiger partial charge is 0.410 e. The third-order valence-electron chi connectivity index (χ3n) is 14.7. The molecule has 6 aromatic carbocycles. The minimum absolute atomic E-state index is 0.0455. The number of likely N-dealkylation sites (tertiary alicyclic amines) is 1. The van der Waals surface area contributed by atoms with Gasteiger partial charge in [0, 0.05) is 45.3 Å². The van der Waals surface area contributed by atoms with Crippen LogP contribution in [0.5, 0.6) is 0 Å². The molecule has 82 heavy (non-hydrogen) atoms. The van der Waals surface area contributed by atoms with Gasteiger partial charge < -0.3 is 50.2 Å². The SMILES string of the molecule is CC(C)C(NC(=O)[C@@H]1CCCN1C(=O)[C@H](CC(=O)NC(c1ccccc1)(c1ccccc1)c1ccccc1)NC(=O)OCC1c2ccccc2-c2ccccc21)C(=O)Nc1ccc(COC(=O)N(C)CCN(C)C(=O)OC(C)(C)C)cc1. The molecule has 0 aromatic heterocycles. The molecule has 17 nitrogen and oxygen atoms in total. The zero-order valence-corrected chi connectivity index (χ0v) is 47.6. The molecular weight excluding hydrogens is 1040 g/mol. The van der Waals surface area contributed by atoms with Crippen molar-refractivity contribution < 1.29 is 47.8 Å². The van der Waals surface area contributed by atoms with E-state index in [0.717, 1.165) is 38.9 Å². The Morgan fingerprint density at radius 3 is 1.67 bits per heavy atom. The van der Waals surface area contributed by atoms with E-state index in [1.165, 1.54) is 14.7 Å². The van der Waals surface area contributed by atoms with Crippen LogP contribution >= 0.6 is 0 Å². The number of rotatable bonds is 20. The van der Waals surface area contributed by atoms with Crippen LogP contribution in [0.2, 0.25) is 0 Å². The van der Waals surface area contributed by atoms with E-state index in [-0.39, 0.29) is 51.1 Å². The topological polar surface area (TPSA) is 205 Å². The quantitative estimate of drug-likeness (QED) is 0.0421. The zero-order valence-electron chi connectivity index (χ0n) is 47.6. The van der Waals surface area contributed by atoms with E-state index in [9.17, 15) is 28.8 Å². The maximum absolute atomic E-state index is 15.1. The highest BCUT2D eigenvalue weighted by atomic mass is 16.6. The Morgan fingerprint density at radius 2 is 1.15 bits per heavy atom. The van der Waals surface area contributed by atoms with Crippen LogP contribution in [-0.2, 0) is 45.5 Å². The molecule has 1 aliphatic heterocycles. The lowest BCUT2D eigenvalue weighted by Crippen LogP contribution is -2.57. The van der Waals surface area contributed by atoms with Crippen LogP contribution in [-0.4, -0.2) is 121 Å². The number of alkyl carbamates (subject to hydrolysis) is 1. The monoisotopic (exact) mass is 1110 g/mol. The van der Waals surface area contributed by atoms with Crippen LogP contribution in [0.15, 0.2) is 164 Å². The first kappa shape index (κ1) is 59.1. The molecule has 1 unspecified atom stereocenters. The summed E-state index contributed by atoms with van der Waals surface area (Å²) >= 11 is 0. The summed E-state index contributed by atoms with van der Waals surface area (Å²) in [6.45, 7) is 9.40. The van der Waals surface area contributed by atoms with E-state index < -0.39 is 77.6 Å². The molecule has 1 fully saturated rings. The molecule has 428 valence electrons. The number of anilines is 1. The number of carbonyl (C=O) groups is 7. The molecule has 1 heterocycles. The van der Waals surface area contributed by atoms with Crippen molar-refractivity contribution in [1.29, 1.82) is 0 Å². The summed E-state index contributed by atoms with van der Waals surface area (Å²) in [5.41, 5.74) is 5.55. The van der Waals surface area contributed by atoms with Gasteiger partial charge in [-0.1, -0.05) is 166 Å². The van der Waals surface area contributed by atoms with Gasteiger partial charge in [0.25, 0.3) is 0 Å². The summed E-state index contributed by atoms with van der Waals surface area (Å²) < 4.78 is 16.8. The number of nitrogens with zero attached hydrogens (tertiary/aromatic N) is 3. The highest BCUT2D eigenvalue weighted by molar-refractivity contribution is 6.00. The average molecular weight is 1110 g/mol. The number of hydrogen-bond acceptors (Lipinski definition) is 10. The fourth-order valence-electron chi connectivity index (χ4n) is 10.5. The number of fused-ring (bicyclic) bond motifs is 3. The maximum Gasteiger partial charge on any atom is 0.410 e. The number of benzene rings is 6. The predicted octanol–water partition coefficient (Wildman–Crippen LogP) is 9.60. The summed E-state index contributed by atoms with van der Waals surface area (Å²) in [5.74, 6) is -2.97. The standard InChI is InChI=1S/C65H73N7O10/c1-43(2)57(59(75)66-48-35-33-44(34-36-48)41-81-62(78)70(6)38-39-71(7)63(79)82-64(3,4)5)68-58(74)55-32-21-37-72(55)60(76)54(67-61(77)80-42-53-51-30-19-17-28-49(51)50-29-18-20-31-52(50)53)40-56(73)69-65(45-22-11-8-12-23-45,46-24-13-9-14-25-46)47-26-15-10-16-27-47/h8-20,22-31,33-36,43,53-55,57H,21,32,37-42H2,1-7H3,(H,66,75)(H,67,77)(H,68,74)(H,69,73)/t54-,55-,57?/m0/s1.